The number of benzene rings is 1. The molecule has 0 bridgehead atoms. The van der Waals surface area contributed by atoms with Crippen LogP contribution in [0.5, 0.6) is 0 Å². The Bertz CT molecular complexity index is 550. The number of rotatable bonds is 3. The minimum absolute atomic E-state index is 0.0741. The largest absolute Gasteiger partial charge is 0.278 e. The normalized spacial score (nSPS) is 19.1. The standard InChI is InChI=1S/C17H23NO2/c1-12-8-13-14(9-15(12)18(10-19)11-20)17(4,5)7-6-16(13,2)3/h8-11H,6-7H2,1-5H3. The molecule has 20 heavy (non-hydrogen) atoms. The van der Waals surface area contributed by atoms with Gasteiger partial charge in [-0.3, -0.25) is 14.5 Å². The first-order valence-electron chi connectivity index (χ1n) is 7.07. The van der Waals surface area contributed by atoms with Crippen LogP contribution >= 0.6 is 0 Å². The maximum absolute atomic E-state index is 11.0. The molecule has 0 aliphatic heterocycles. The van der Waals surface area contributed by atoms with Gasteiger partial charge in [0.05, 0.1) is 5.69 Å². The molecule has 0 unspecified atom stereocenters. The van der Waals surface area contributed by atoms with Crippen molar-refractivity contribution in [1.82, 2.24) is 0 Å². The summed E-state index contributed by atoms with van der Waals surface area (Å²) in [5.41, 5.74) is 4.47. The molecule has 0 spiro atoms. The van der Waals surface area contributed by atoms with Gasteiger partial charge in [0.15, 0.2) is 0 Å². The molecule has 1 aliphatic rings. The van der Waals surface area contributed by atoms with Crippen LogP contribution in [0.25, 0.3) is 0 Å². The van der Waals surface area contributed by atoms with Gasteiger partial charge >= 0.3 is 0 Å². The van der Waals surface area contributed by atoms with E-state index in [1.807, 2.05) is 13.0 Å². The maximum atomic E-state index is 11.0. The van der Waals surface area contributed by atoms with Gasteiger partial charge in [0, 0.05) is 0 Å². The molecular weight excluding hydrogens is 250 g/mol. The second-order valence-corrected chi connectivity index (χ2v) is 7.07. The molecule has 1 aliphatic carbocycles. The SMILES string of the molecule is Cc1cc2c(cc1N(C=O)C=O)C(C)(C)CCC2(C)C. The quantitative estimate of drug-likeness (QED) is 0.791. The smallest absolute Gasteiger partial charge is 0.220 e. The summed E-state index contributed by atoms with van der Waals surface area (Å²) in [6, 6.07) is 4.17. The predicted octanol–water partition coefficient (Wildman–Crippen LogP) is 3.46. The van der Waals surface area contributed by atoms with Gasteiger partial charge in [-0.1, -0.05) is 33.8 Å². The van der Waals surface area contributed by atoms with Gasteiger partial charge in [-0.2, -0.15) is 0 Å². The number of hydrogen-bond acceptors (Lipinski definition) is 2. The first kappa shape index (κ1) is 14.8. The van der Waals surface area contributed by atoms with Gasteiger partial charge in [-0.25, -0.2) is 0 Å². The minimum atomic E-state index is 0.0741. The number of amides is 2. The molecule has 0 atom stereocenters. The number of fused-ring (bicyclic) bond motifs is 1. The summed E-state index contributed by atoms with van der Waals surface area (Å²) >= 11 is 0. The van der Waals surface area contributed by atoms with Crippen LogP contribution in [0.15, 0.2) is 12.1 Å². The van der Waals surface area contributed by atoms with Crippen molar-refractivity contribution in [2.45, 2.75) is 58.3 Å². The number of nitrogens with zero attached hydrogens (tertiary/aromatic N) is 1. The highest BCUT2D eigenvalue weighted by molar-refractivity contribution is 5.96. The van der Waals surface area contributed by atoms with Crippen molar-refractivity contribution in [3.8, 4) is 0 Å². The molecule has 1 aromatic rings. The van der Waals surface area contributed by atoms with Gasteiger partial charge in [-0.15, -0.1) is 0 Å². The summed E-state index contributed by atoms with van der Waals surface area (Å²) in [7, 11) is 0. The van der Waals surface area contributed by atoms with Crippen LogP contribution in [0.3, 0.4) is 0 Å². The van der Waals surface area contributed by atoms with Crippen LogP contribution in [0, 0.1) is 6.92 Å². The van der Waals surface area contributed by atoms with Crippen molar-refractivity contribution in [2.75, 3.05) is 4.90 Å². The molecule has 0 radical (unpaired) electrons. The van der Waals surface area contributed by atoms with Crippen molar-refractivity contribution in [1.29, 1.82) is 0 Å². The number of anilines is 1. The van der Waals surface area contributed by atoms with Crippen LogP contribution in [0.4, 0.5) is 5.69 Å². The Morgan fingerprint density at radius 3 is 1.85 bits per heavy atom. The molecule has 3 heteroatoms. The lowest BCUT2D eigenvalue weighted by Gasteiger charge is -2.42. The monoisotopic (exact) mass is 273 g/mol. The second-order valence-electron chi connectivity index (χ2n) is 7.07. The van der Waals surface area contributed by atoms with Crippen LogP contribution < -0.4 is 4.90 Å². The summed E-state index contributed by atoms with van der Waals surface area (Å²) in [5, 5.41) is 0. The average Bonchev–Trinajstić information content (AvgIpc) is 2.38. The van der Waals surface area contributed by atoms with Gasteiger partial charge < -0.3 is 0 Å². The third-order valence-electron chi connectivity index (χ3n) is 4.67. The van der Waals surface area contributed by atoms with Crippen LogP contribution in [0.2, 0.25) is 0 Å². The zero-order valence-corrected chi connectivity index (χ0v) is 13.0. The first-order valence-corrected chi connectivity index (χ1v) is 7.07. The summed E-state index contributed by atoms with van der Waals surface area (Å²) in [5.74, 6) is 0. The van der Waals surface area contributed by atoms with E-state index < -0.39 is 0 Å². The van der Waals surface area contributed by atoms with Crippen molar-refractivity contribution in [3.05, 3.63) is 28.8 Å². The van der Waals surface area contributed by atoms with Gasteiger partial charge in [-0.05, 0) is 53.4 Å². The van der Waals surface area contributed by atoms with Crippen molar-refractivity contribution >= 4 is 18.5 Å². The average molecular weight is 273 g/mol. The number of imide groups is 1. The van der Waals surface area contributed by atoms with E-state index in [9.17, 15) is 9.59 Å². The van der Waals surface area contributed by atoms with Crippen LogP contribution in [-0.4, -0.2) is 12.8 Å². The van der Waals surface area contributed by atoms with E-state index in [1.54, 1.807) is 0 Å². The lowest BCUT2D eigenvalue weighted by Crippen LogP contribution is -2.34. The van der Waals surface area contributed by atoms with Gasteiger partial charge in [0.2, 0.25) is 12.8 Å². The highest BCUT2D eigenvalue weighted by atomic mass is 16.2. The van der Waals surface area contributed by atoms with E-state index in [1.165, 1.54) is 11.1 Å². The Hall–Kier alpha value is -1.64. The summed E-state index contributed by atoms with van der Waals surface area (Å²) in [6.45, 7) is 10.9. The van der Waals surface area contributed by atoms with E-state index in [2.05, 4.69) is 33.8 Å². The summed E-state index contributed by atoms with van der Waals surface area (Å²) in [4.78, 5) is 23.2. The molecule has 0 N–H and O–H groups in total. The molecule has 0 saturated carbocycles. The maximum Gasteiger partial charge on any atom is 0.220 e. The van der Waals surface area contributed by atoms with Crippen molar-refractivity contribution in [2.24, 2.45) is 0 Å². The molecule has 0 aromatic heterocycles. The Kier molecular flexibility index (Phi) is 3.49. The zero-order chi connectivity index (χ0) is 15.1. The van der Waals surface area contributed by atoms with Crippen molar-refractivity contribution < 1.29 is 9.59 Å². The number of hydrogen-bond donors (Lipinski definition) is 0. The van der Waals surface area contributed by atoms with E-state index >= 15 is 0 Å². The Labute approximate surface area is 121 Å². The Morgan fingerprint density at radius 1 is 0.950 bits per heavy atom. The zero-order valence-electron chi connectivity index (χ0n) is 13.0. The second kappa shape index (κ2) is 4.72. The number of aryl methyl sites for hydroxylation is 1. The number of carbonyl (C=O) groups excluding carboxylic acids is 2. The molecule has 3 nitrogen and oxygen atoms in total. The third-order valence-corrected chi connectivity index (χ3v) is 4.67. The number of carbonyl (C=O) groups is 2. The molecule has 0 saturated heterocycles. The lowest BCUT2D eigenvalue weighted by atomic mass is 9.63. The summed E-state index contributed by atoms with van der Waals surface area (Å²) in [6.07, 6.45) is 3.40. The topological polar surface area (TPSA) is 37.4 Å². The van der Waals surface area contributed by atoms with E-state index in [0.717, 1.165) is 23.3 Å². The van der Waals surface area contributed by atoms with Crippen LogP contribution in [0.1, 0.15) is 57.2 Å². The van der Waals surface area contributed by atoms with E-state index in [-0.39, 0.29) is 10.8 Å². The fourth-order valence-electron chi connectivity index (χ4n) is 3.13. The molecule has 0 fully saturated rings. The van der Waals surface area contributed by atoms with E-state index in [0.29, 0.717) is 18.5 Å². The van der Waals surface area contributed by atoms with E-state index in [4.69, 9.17) is 0 Å². The van der Waals surface area contributed by atoms with Crippen molar-refractivity contribution in [3.63, 3.8) is 0 Å². The Balaban J connectivity index is 2.69. The molecule has 2 amide bonds. The lowest BCUT2D eigenvalue weighted by molar-refractivity contribution is -0.114. The van der Waals surface area contributed by atoms with Crippen LogP contribution in [-0.2, 0) is 20.4 Å². The molecular formula is C17H23NO2. The fraction of sp³-hybridized carbons (Fsp3) is 0.529. The van der Waals surface area contributed by atoms with Gasteiger partial charge in [0.1, 0.15) is 0 Å². The Morgan fingerprint density at radius 2 is 1.40 bits per heavy atom. The third kappa shape index (κ3) is 2.26. The highest BCUT2D eigenvalue weighted by Crippen LogP contribution is 2.47. The molecule has 0 heterocycles. The van der Waals surface area contributed by atoms with Gasteiger partial charge in [0.25, 0.3) is 0 Å². The fourth-order valence-corrected chi connectivity index (χ4v) is 3.13. The molecule has 1 aromatic carbocycles. The molecule has 108 valence electrons. The summed E-state index contributed by atoms with van der Waals surface area (Å²) < 4.78 is 0. The predicted molar refractivity (Wildman–Crippen MR) is 81.1 cm³/mol. The highest BCUT2D eigenvalue weighted by Gasteiger charge is 2.37. The molecule has 2 rings (SSSR count). The minimum Gasteiger partial charge on any atom is -0.278 e. The first-order chi connectivity index (χ1) is 9.23.